The van der Waals surface area contributed by atoms with Crippen molar-refractivity contribution >= 4 is 52.5 Å². The van der Waals surface area contributed by atoms with Gasteiger partial charge >= 0.3 is 6.03 Å². The predicted octanol–water partition coefficient (Wildman–Crippen LogP) is 4.29. The van der Waals surface area contributed by atoms with E-state index in [9.17, 15) is 14.4 Å². The molecule has 0 radical (unpaired) electrons. The van der Waals surface area contributed by atoms with Crippen LogP contribution in [-0.4, -0.2) is 52.5 Å². The summed E-state index contributed by atoms with van der Waals surface area (Å²) in [5.41, 5.74) is 0.340. The standard InChI is InChI=1S/C24H21Cl2N7O6/c1-37-11-20(35)30-17-9-21(28-12-27-17)39-16-8-7-15(22(25)23(16)26)29-24(36)31-18-10-19(34)32-33(18)13-3-5-14(38-2)6-4-13/h3-10,12H,11H2,1-2H3,(H,32,34)(H2,29,31,36)(H,27,28,30,35). The molecule has 0 saturated heterocycles. The summed E-state index contributed by atoms with van der Waals surface area (Å²) in [4.78, 5) is 44.3. The molecule has 2 aromatic heterocycles. The maximum Gasteiger partial charge on any atom is 0.324 e. The highest BCUT2D eigenvalue weighted by molar-refractivity contribution is 6.45. The van der Waals surface area contributed by atoms with Crippen LogP contribution in [0.2, 0.25) is 10.0 Å². The minimum Gasteiger partial charge on any atom is -0.497 e. The molecule has 39 heavy (non-hydrogen) atoms. The molecule has 2 aromatic carbocycles. The first-order valence-corrected chi connectivity index (χ1v) is 11.8. The molecule has 202 valence electrons. The van der Waals surface area contributed by atoms with Gasteiger partial charge in [0, 0.05) is 19.2 Å². The van der Waals surface area contributed by atoms with Crippen LogP contribution in [0.3, 0.4) is 0 Å². The molecule has 15 heteroatoms. The Morgan fingerprint density at radius 1 is 0.974 bits per heavy atom. The largest absolute Gasteiger partial charge is 0.497 e. The average Bonchev–Trinajstić information content (AvgIpc) is 3.28. The first-order chi connectivity index (χ1) is 18.8. The second-order valence-electron chi connectivity index (χ2n) is 7.68. The summed E-state index contributed by atoms with van der Waals surface area (Å²) >= 11 is 12.7. The van der Waals surface area contributed by atoms with E-state index in [0.29, 0.717) is 11.4 Å². The van der Waals surface area contributed by atoms with Crippen molar-refractivity contribution in [2.24, 2.45) is 0 Å². The smallest absolute Gasteiger partial charge is 0.324 e. The Balaban J connectivity index is 1.46. The van der Waals surface area contributed by atoms with Crippen LogP contribution in [0.25, 0.3) is 5.69 Å². The van der Waals surface area contributed by atoms with Crippen LogP contribution in [0.5, 0.6) is 17.4 Å². The van der Waals surface area contributed by atoms with E-state index in [1.165, 1.54) is 49.5 Å². The summed E-state index contributed by atoms with van der Waals surface area (Å²) in [5, 5.41) is 10.3. The molecule has 0 aliphatic carbocycles. The number of rotatable bonds is 9. The van der Waals surface area contributed by atoms with Crippen LogP contribution in [0.15, 0.2) is 59.7 Å². The number of aromatic nitrogens is 4. The third-order valence-corrected chi connectivity index (χ3v) is 5.86. The molecule has 0 aliphatic heterocycles. The molecule has 2 heterocycles. The lowest BCUT2D eigenvalue weighted by atomic mass is 10.3. The summed E-state index contributed by atoms with van der Waals surface area (Å²) in [6.07, 6.45) is 1.19. The van der Waals surface area contributed by atoms with Crippen LogP contribution >= 0.6 is 23.2 Å². The van der Waals surface area contributed by atoms with Crippen molar-refractivity contribution < 1.29 is 23.8 Å². The number of hydrogen-bond acceptors (Lipinski definition) is 8. The Morgan fingerprint density at radius 2 is 1.74 bits per heavy atom. The molecule has 3 amide bonds. The van der Waals surface area contributed by atoms with Gasteiger partial charge in [-0.25, -0.2) is 19.4 Å². The van der Waals surface area contributed by atoms with Crippen LogP contribution in [0.4, 0.5) is 22.1 Å². The lowest BCUT2D eigenvalue weighted by molar-refractivity contribution is -0.119. The van der Waals surface area contributed by atoms with Crippen LogP contribution < -0.4 is 31.0 Å². The van der Waals surface area contributed by atoms with Gasteiger partial charge in [-0.15, -0.1) is 0 Å². The van der Waals surface area contributed by atoms with Gasteiger partial charge < -0.3 is 24.8 Å². The van der Waals surface area contributed by atoms with E-state index in [2.05, 4.69) is 31.0 Å². The molecular weight excluding hydrogens is 553 g/mol. The normalized spacial score (nSPS) is 10.6. The number of nitrogens with zero attached hydrogens (tertiary/aromatic N) is 3. The number of methoxy groups -OCH3 is 2. The van der Waals surface area contributed by atoms with Crippen molar-refractivity contribution in [3.63, 3.8) is 0 Å². The van der Waals surface area contributed by atoms with Crippen LogP contribution in [0, 0.1) is 0 Å². The maximum absolute atomic E-state index is 12.7. The minimum atomic E-state index is -0.685. The molecule has 0 spiro atoms. The fraction of sp³-hybridized carbons (Fsp3) is 0.125. The summed E-state index contributed by atoms with van der Waals surface area (Å²) in [6.45, 7) is -0.146. The van der Waals surface area contributed by atoms with Gasteiger partial charge in [-0.05, 0) is 36.4 Å². The topological polar surface area (TPSA) is 161 Å². The van der Waals surface area contributed by atoms with E-state index in [1.54, 1.807) is 24.3 Å². The number of halogens is 2. The Hall–Kier alpha value is -4.59. The molecule has 4 N–H and O–H groups in total. The van der Waals surface area contributed by atoms with E-state index >= 15 is 0 Å². The number of carbonyl (C=O) groups is 2. The van der Waals surface area contributed by atoms with Crippen molar-refractivity contribution in [1.29, 1.82) is 0 Å². The summed E-state index contributed by atoms with van der Waals surface area (Å²) < 4.78 is 17.0. The molecule has 4 aromatic rings. The monoisotopic (exact) mass is 573 g/mol. The number of H-pyrrole nitrogens is 1. The number of urea groups is 1. The van der Waals surface area contributed by atoms with E-state index in [4.69, 9.17) is 37.4 Å². The van der Waals surface area contributed by atoms with Gasteiger partial charge in [-0.1, -0.05) is 23.2 Å². The molecule has 0 bridgehead atoms. The third-order valence-electron chi connectivity index (χ3n) is 5.00. The Morgan fingerprint density at radius 3 is 2.46 bits per heavy atom. The van der Waals surface area contributed by atoms with Crippen molar-refractivity contribution in [3.05, 3.63) is 75.3 Å². The second kappa shape index (κ2) is 12.3. The quantitative estimate of drug-likeness (QED) is 0.230. The lowest BCUT2D eigenvalue weighted by Crippen LogP contribution is -2.21. The first-order valence-electron chi connectivity index (χ1n) is 11.1. The number of hydrogen-bond donors (Lipinski definition) is 4. The molecule has 0 atom stereocenters. The van der Waals surface area contributed by atoms with Crippen molar-refractivity contribution in [2.45, 2.75) is 0 Å². The van der Waals surface area contributed by atoms with Gasteiger partial charge in [0.25, 0.3) is 11.5 Å². The number of nitrogens with one attached hydrogen (secondary N) is 4. The van der Waals surface area contributed by atoms with Gasteiger partial charge in [0.05, 0.1) is 23.5 Å². The summed E-state index contributed by atoms with van der Waals surface area (Å²) in [7, 11) is 2.93. The first kappa shape index (κ1) is 27.4. The Bertz CT molecular complexity index is 1560. The number of carbonyl (C=O) groups excluding carboxylic acids is 2. The van der Waals surface area contributed by atoms with Gasteiger partial charge in [-0.3, -0.25) is 20.0 Å². The van der Waals surface area contributed by atoms with Crippen molar-refractivity contribution in [3.8, 4) is 23.1 Å². The van der Waals surface area contributed by atoms with E-state index < -0.39 is 17.5 Å². The summed E-state index contributed by atoms with van der Waals surface area (Å²) in [5.74, 6) is 0.822. The van der Waals surface area contributed by atoms with Crippen molar-refractivity contribution in [2.75, 3.05) is 36.8 Å². The Labute approximate surface area is 231 Å². The van der Waals surface area contributed by atoms with E-state index in [1.807, 2.05) is 0 Å². The third kappa shape index (κ3) is 6.84. The van der Waals surface area contributed by atoms with E-state index in [0.717, 1.165) is 0 Å². The fourth-order valence-corrected chi connectivity index (χ4v) is 3.69. The molecule has 0 unspecified atom stereocenters. The predicted molar refractivity (Wildman–Crippen MR) is 145 cm³/mol. The van der Waals surface area contributed by atoms with E-state index in [-0.39, 0.29) is 45.6 Å². The fourth-order valence-electron chi connectivity index (χ4n) is 3.28. The summed E-state index contributed by atoms with van der Waals surface area (Å²) in [6, 6.07) is 11.7. The lowest BCUT2D eigenvalue weighted by Gasteiger charge is -2.14. The number of benzene rings is 2. The number of anilines is 3. The number of aromatic amines is 1. The maximum atomic E-state index is 12.7. The molecule has 13 nitrogen and oxygen atoms in total. The number of amides is 3. The van der Waals surface area contributed by atoms with Crippen molar-refractivity contribution in [1.82, 2.24) is 19.7 Å². The molecule has 4 rings (SSSR count). The zero-order valence-electron chi connectivity index (χ0n) is 20.5. The van der Waals surface area contributed by atoms with Gasteiger partial charge in [0.1, 0.15) is 41.1 Å². The minimum absolute atomic E-state index is 0.00478. The van der Waals surface area contributed by atoms with Crippen LogP contribution in [-0.2, 0) is 9.53 Å². The SMILES string of the molecule is COCC(=O)Nc1cc(Oc2ccc(NC(=O)Nc3cc(=O)[nH]n3-c3ccc(OC)cc3)c(Cl)c2Cl)ncn1. The van der Waals surface area contributed by atoms with Gasteiger partial charge in [0.2, 0.25) is 5.88 Å². The highest BCUT2D eigenvalue weighted by atomic mass is 35.5. The van der Waals surface area contributed by atoms with Gasteiger partial charge in [-0.2, -0.15) is 0 Å². The Kier molecular flexibility index (Phi) is 8.66. The average molecular weight is 574 g/mol. The molecule has 0 aliphatic rings. The molecule has 0 fully saturated rings. The highest BCUT2D eigenvalue weighted by Gasteiger charge is 2.16. The zero-order valence-corrected chi connectivity index (χ0v) is 22.0. The number of ether oxygens (including phenoxy) is 3. The second-order valence-corrected chi connectivity index (χ2v) is 8.44. The zero-order chi connectivity index (χ0) is 27.9. The van der Waals surface area contributed by atoms with Crippen LogP contribution in [0.1, 0.15) is 0 Å². The van der Waals surface area contributed by atoms with Gasteiger partial charge in [0.15, 0.2) is 0 Å². The molecular formula is C24H21Cl2N7O6. The highest BCUT2D eigenvalue weighted by Crippen LogP contribution is 2.39. The molecule has 0 saturated carbocycles.